The molecule has 4 rings (SSSR count). The Morgan fingerprint density at radius 3 is 2.60 bits per heavy atom. The second-order valence-corrected chi connectivity index (χ2v) is 8.95. The van der Waals surface area contributed by atoms with E-state index < -0.39 is 9.84 Å². The molecule has 2 aromatic rings. The van der Waals surface area contributed by atoms with Crippen LogP contribution in [0.25, 0.3) is 11.5 Å². The highest BCUT2D eigenvalue weighted by atomic mass is 32.2. The lowest BCUT2D eigenvalue weighted by molar-refractivity contribution is 0.192. The molecule has 0 amide bonds. The smallest absolute Gasteiger partial charge is 0.257 e. The van der Waals surface area contributed by atoms with Gasteiger partial charge in [0, 0.05) is 37.7 Å². The second-order valence-electron chi connectivity index (χ2n) is 6.64. The average Bonchev–Trinajstić information content (AvgIpc) is 3.28. The average molecular weight is 363 g/mol. The molecule has 0 N–H and O–H groups in total. The predicted octanol–water partition coefficient (Wildman–Crippen LogP) is 1.47. The van der Waals surface area contributed by atoms with Crippen molar-refractivity contribution in [1.29, 1.82) is 0 Å². The molecule has 2 aliphatic rings. The number of hydrogen-bond acceptors (Lipinski definition) is 7. The summed E-state index contributed by atoms with van der Waals surface area (Å²) < 4.78 is 33.7. The van der Waals surface area contributed by atoms with Gasteiger partial charge < -0.3 is 9.26 Å². The number of nitrogens with zero attached hydrogens (tertiary/aromatic N) is 3. The maximum absolute atomic E-state index is 11.5. The van der Waals surface area contributed by atoms with Gasteiger partial charge >= 0.3 is 0 Å². The van der Waals surface area contributed by atoms with Crippen LogP contribution < -0.4 is 0 Å². The summed E-state index contributed by atoms with van der Waals surface area (Å²) in [7, 11) is -2.83. The van der Waals surface area contributed by atoms with E-state index in [1.165, 1.54) is 0 Å². The van der Waals surface area contributed by atoms with Gasteiger partial charge in [0.05, 0.1) is 18.1 Å². The maximum Gasteiger partial charge on any atom is 0.257 e. The van der Waals surface area contributed by atoms with E-state index in [9.17, 15) is 8.42 Å². The molecule has 1 atom stereocenters. The standard InChI is InChI=1S/C17H21N3O4S/c21-25(22)9-6-20(7-10-25)11-13-1-3-14(4-2-13)17-18-16(19-24-17)15-5-8-23-12-15/h1-4,15H,5-12H2/t15-/m1/s1. The fraction of sp³-hybridized carbons (Fsp3) is 0.529. The number of ether oxygens (including phenoxy) is 1. The minimum atomic E-state index is -2.83. The van der Waals surface area contributed by atoms with Crippen LogP contribution in [0.1, 0.15) is 23.7 Å². The fourth-order valence-corrected chi connectivity index (χ4v) is 4.45. The molecule has 0 saturated carbocycles. The fourth-order valence-electron chi connectivity index (χ4n) is 3.18. The number of hydrogen-bond donors (Lipinski definition) is 0. The third-order valence-corrected chi connectivity index (χ3v) is 6.39. The number of rotatable bonds is 4. The highest BCUT2D eigenvalue weighted by Crippen LogP contribution is 2.26. The van der Waals surface area contributed by atoms with Crippen LogP contribution in [0.5, 0.6) is 0 Å². The Labute approximate surface area is 146 Å². The van der Waals surface area contributed by atoms with Crippen molar-refractivity contribution in [3.63, 3.8) is 0 Å². The van der Waals surface area contributed by atoms with Crippen LogP contribution in [-0.2, 0) is 21.1 Å². The van der Waals surface area contributed by atoms with Crippen LogP contribution in [0, 0.1) is 0 Å². The molecule has 0 radical (unpaired) electrons. The van der Waals surface area contributed by atoms with Crippen molar-refractivity contribution in [1.82, 2.24) is 15.0 Å². The summed E-state index contributed by atoms with van der Waals surface area (Å²) in [6, 6.07) is 8.00. The molecule has 0 bridgehead atoms. The first-order chi connectivity index (χ1) is 12.1. The van der Waals surface area contributed by atoms with Gasteiger partial charge in [-0.25, -0.2) is 8.42 Å². The van der Waals surface area contributed by atoms with Gasteiger partial charge in [0.2, 0.25) is 0 Å². The lowest BCUT2D eigenvalue weighted by Gasteiger charge is -2.26. The molecule has 3 heterocycles. The highest BCUT2D eigenvalue weighted by molar-refractivity contribution is 7.91. The lowest BCUT2D eigenvalue weighted by Crippen LogP contribution is -2.39. The minimum absolute atomic E-state index is 0.229. The first-order valence-electron chi connectivity index (χ1n) is 8.52. The van der Waals surface area contributed by atoms with E-state index in [4.69, 9.17) is 9.26 Å². The topological polar surface area (TPSA) is 85.5 Å². The summed E-state index contributed by atoms with van der Waals surface area (Å²) in [5, 5.41) is 4.07. The van der Waals surface area contributed by atoms with Crippen molar-refractivity contribution in [2.45, 2.75) is 18.9 Å². The molecular formula is C17H21N3O4S. The molecule has 0 unspecified atom stereocenters. The summed E-state index contributed by atoms with van der Waals surface area (Å²) in [4.78, 5) is 6.66. The molecule has 0 aliphatic carbocycles. The van der Waals surface area contributed by atoms with Gasteiger partial charge in [-0.2, -0.15) is 4.98 Å². The van der Waals surface area contributed by atoms with Crippen molar-refractivity contribution in [3.8, 4) is 11.5 Å². The lowest BCUT2D eigenvalue weighted by atomic mass is 10.1. The zero-order chi connectivity index (χ0) is 17.3. The zero-order valence-electron chi connectivity index (χ0n) is 13.9. The van der Waals surface area contributed by atoms with Gasteiger partial charge in [0.1, 0.15) is 0 Å². The second kappa shape index (κ2) is 6.86. The van der Waals surface area contributed by atoms with Gasteiger partial charge in [-0.15, -0.1) is 0 Å². The van der Waals surface area contributed by atoms with Crippen molar-refractivity contribution < 1.29 is 17.7 Å². The molecule has 2 aliphatic heterocycles. The molecule has 1 aromatic carbocycles. The van der Waals surface area contributed by atoms with E-state index in [2.05, 4.69) is 15.0 Å². The van der Waals surface area contributed by atoms with E-state index in [0.29, 0.717) is 31.4 Å². The van der Waals surface area contributed by atoms with E-state index in [0.717, 1.165) is 30.7 Å². The van der Waals surface area contributed by atoms with Crippen LogP contribution in [0.2, 0.25) is 0 Å². The molecule has 25 heavy (non-hydrogen) atoms. The normalized spacial score (nSPS) is 23.8. The number of benzene rings is 1. The summed E-state index contributed by atoms with van der Waals surface area (Å²) in [5.74, 6) is 1.97. The molecule has 134 valence electrons. The third kappa shape index (κ3) is 3.91. The van der Waals surface area contributed by atoms with Gasteiger partial charge in [-0.3, -0.25) is 4.90 Å². The quantitative estimate of drug-likeness (QED) is 0.813. The molecule has 8 heteroatoms. The Hall–Kier alpha value is -1.77. The summed E-state index contributed by atoms with van der Waals surface area (Å²) in [6.07, 6.45) is 0.934. The van der Waals surface area contributed by atoms with Crippen molar-refractivity contribution >= 4 is 9.84 Å². The zero-order valence-corrected chi connectivity index (χ0v) is 14.7. The van der Waals surface area contributed by atoms with E-state index in [1.807, 2.05) is 24.3 Å². The van der Waals surface area contributed by atoms with E-state index in [-0.39, 0.29) is 17.4 Å². The van der Waals surface area contributed by atoms with E-state index in [1.54, 1.807) is 0 Å². The number of sulfone groups is 1. The van der Waals surface area contributed by atoms with Crippen LogP contribution >= 0.6 is 0 Å². The predicted molar refractivity (Wildman–Crippen MR) is 91.8 cm³/mol. The Balaban J connectivity index is 1.40. The van der Waals surface area contributed by atoms with Gasteiger partial charge in [-0.1, -0.05) is 17.3 Å². The molecule has 2 fully saturated rings. The van der Waals surface area contributed by atoms with Crippen LogP contribution in [0.15, 0.2) is 28.8 Å². The summed E-state index contributed by atoms with van der Waals surface area (Å²) in [5.41, 5.74) is 2.04. The number of aromatic nitrogens is 2. The van der Waals surface area contributed by atoms with Crippen molar-refractivity contribution in [2.24, 2.45) is 0 Å². The molecular weight excluding hydrogens is 342 g/mol. The third-order valence-electron chi connectivity index (χ3n) is 4.78. The molecule has 2 saturated heterocycles. The summed E-state index contributed by atoms with van der Waals surface area (Å²) in [6.45, 7) is 3.36. The Kier molecular flexibility index (Phi) is 4.58. The molecule has 7 nitrogen and oxygen atoms in total. The van der Waals surface area contributed by atoms with Crippen molar-refractivity contribution in [2.75, 3.05) is 37.8 Å². The monoisotopic (exact) mass is 363 g/mol. The highest BCUT2D eigenvalue weighted by Gasteiger charge is 2.24. The van der Waals surface area contributed by atoms with Crippen LogP contribution in [0.4, 0.5) is 0 Å². The summed E-state index contributed by atoms with van der Waals surface area (Å²) >= 11 is 0. The van der Waals surface area contributed by atoms with Crippen LogP contribution in [-0.4, -0.2) is 61.3 Å². The maximum atomic E-state index is 11.5. The minimum Gasteiger partial charge on any atom is -0.381 e. The first kappa shape index (κ1) is 16.7. The molecule has 0 spiro atoms. The Morgan fingerprint density at radius 2 is 1.92 bits per heavy atom. The van der Waals surface area contributed by atoms with Crippen molar-refractivity contribution in [3.05, 3.63) is 35.7 Å². The SMILES string of the molecule is O=S1(=O)CCN(Cc2ccc(-c3nc([C@@H]4CCOC4)no3)cc2)CC1. The Morgan fingerprint density at radius 1 is 1.16 bits per heavy atom. The Bertz CT molecular complexity index is 812. The molecule has 1 aromatic heterocycles. The van der Waals surface area contributed by atoms with Crippen LogP contribution in [0.3, 0.4) is 0 Å². The van der Waals surface area contributed by atoms with E-state index >= 15 is 0 Å². The van der Waals surface area contributed by atoms with Gasteiger partial charge in [-0.05, 0) is 24.1 Å². The van der Waals surface area contributed by atoms with Gasteiger partial charge in [0.15, 0.2) is 15.7 Å². The first-order valence-corrected chi connectivity index (χ1v) is 10.3. The largest absolute Gasteiger partial charge is 0.381 e. The van der Waals surface area contributed by atoms with Gasteiger partial charge in [0.25, 0.3) is 5.89 Å².